The van der Waals surface area contributed by atoms with Crippen molar-refractivity contribution in [3.8, 4) is 5.75 Å². The number of hydrogen-bond acceptors (Lipinski definition) is 4. The van der Waals surface area contributed by atoms with Crippen LogP contribution in [0.15, 0.2) is 18.2 Å². The molecule has 0 aliphatic carbocycles. The Kier molecular flexibility index (Phi) is 4.16. The van der Waals surface area contributed by atoms with Gasteiger partial charge in [0.15, 0.2) is 6.29 Å². The molecular formula is C14H17NO4. The topological polar surface area (TPSA) is 77.8 Å². The Hall–Kier alpha value is -1.88. The highest BCUT2D eigenvalue weighted by atomic mass is 16.4. The predicted octanol–water partition coefficient (Wildman–Crippen LogP) is 1.50. The average molecular weight is 263 g/mol. The summed E-state index contributed by atoms with van der Waals surface area (Å²) < 4.78 is 0. The van der Waals surface area contributed by atoms with Crippen molar-refractivity contribution < 1.29 is 19.8 Å². The van der Waals surface area contributed by atoms with E-state index in [2.05, 4.69) is 4.90 Å². The Labute approximate surface area is 111 Å². The number of benzene rings is 1. The number of rotatable bonds is 4. The van der Waals surface area contributed by atoms with E-state index in [9.17, 15) is 14.7 Å². The van der Waals surface area contributed by atoms with E-state index in [1.54, 1.807) is 12.1 Å². The molecule has 1 aromatic rings. The van der Waals surface area contributed by atoms with Crippen LogP contribution >= 0.6 is 0 Å². The Balaban J connectivity index is 1.95. The molecule has 0 amide bonds. The fourth-order valence-corrected chi connectivity index (χ4v) is 2.39. The van der Waals surface area contributed by atoms with Gasteiger partial charge >= 0.3 is 5.97 Å². The molecule has 1 saturated heterocycles. The van der Waals surface area contributed by atoms with Gasteiger partial charge in [0.05, 0.1) is 11.5 Å². The van der Waals surface area contributed by atoms with Gasteiger partial charge in [-0.05, 0) is 43.6 Å². The van der Waals surface area contributed by atoms with Crippen molar-refractivity contribution in [2.75, 3.05) is 13.1 Å². The summed E-state index contributed by atoms with van der Waals surface area (Å²) in [5, 5.41) is 18.4. The number of aromatic hydroxyl groups is 1. The Morgan fingerprint density at radius 2 is 2.05 bits per heavy atom. The van der Waals surface area contributed by atoms with Gasteiger partial charge in [0.25, 0.3) is 0 Å². The second kappa shape index (κ2) is 5.84. The Morgan fingerprint density at radius 1 is 1.37 bits per heavy atom. The lowest BCUT2D eigenvalue weighted by molar-refractivity contribution is -0.143. The van der Waals surface area contributed by atoms with E-state index in [0.717, 1.165) is 18.7 Å². The van der Waals surface area contributed by atoms with Crippen molar-refractivity contribution in [1.29, 1.82) is 0 Å². The molecule has 0 bridgehead atoms. The van der Waals surface area contributed by atoms with Crippen molar-refractivity contribution in [2.24, 2.45) is 5.92 Å². The zero-order valence-electron chi connectivity index (χ0n) is 10.6. The average Bonchev–Trinajstić information content (AvgIpc) is 2.41. The van der Waals surface area contributed by atoms with Gasteiger partial charge in [-0.2, -0.15) is 0 Å². The molecule has 1 fully saturated rings. The molecule has 2 rings (SSSR count). The Morgan fingerprint density at radius 3 is 2.63 bits per heavy atom. The Bertz CT molecular complexity index is 478. The van der Waals surface area contributed by atoms with Crippen molar-refractivity contribution in [3.63, 3.8) is 0 Å². The van der Waals surface area contributed by atoms with Crippen LogP contribution in [0.2, 0.25) is 0 Å². The van der Waals surface area contributed by atoms with Crippen LogP contribution in [0.25, 0.3) is 0 Å². The van der Waals surface area contributed by atoms with E-state index in [-0.39, 0.29) is 17.2 Å². The molecule has 0 atom stereocenters. The summed E-state index contributed by atoms with van der Waals surface area (Å²) in [6.45, 7) is 2.16. The number of phenols is 1. The molecule has 0 unspecified atom stereocenters. The molecule has 19 heavy (non-hydrogen) atoms. The second-order valence-corrected chi connectivity index (χ2v) is 4.90. The van der Waals surface area contributed by atoms with Gasteiger partial charge in [0.1, 0.15) is 5.75 Å². The number of carbonyl (C=O) groups excluding carboxylic acids is 1. The molecule has 1 heterocycles. The lowest BCUT2D eigenvalue weighted by Crippen LogP contribution is -2.35. The highest BCUT2D eigenvalue weighted by Crippen LogP contribution is 2.21. The quantitative estimate of drug-likeness (QED) is 0.805. The molecule has 0 spiro atoms. The van der Waals surface area contributed by atoms with Crippen LogP contribution in [0.1, 0.15) is 28.8 Å². The number of carboxylic acids is 1. The molecule has 1 aliphatic heterocycles. The number of aldehydes is 1. The molecule has 0 saturated carbocycles. The van der Waals surface area contributed by atoms with Gasteiger partial charge in [-0.15, -0.1) is 0 Å². The lowest BCUT2D eigenvalue weighted by Gasteiger charge is -2.30. The third kappa shape index (κ3) is 3.32. The van der Waals surface area contributed by atoms with Crippen LogP contribution in [-0.2, 0) is 11.3 Å². The number of carbonyl (C=O) groups is 2. The number of likely N-dealkylation sites (tertiary alicyclic amines) is 1. The first-order chi connectivity index (χ1) is 9.10. The summed E-state index contributed by atoms with van der Waals surface area (Å²) in [7, 11) is 0. The van der Waals surface area contributed by atoms with E-state index in [1.165, 1.54) is 6.07 Å². The largest absolute Gasteiger partial charge is 0.507 e. The predicted molar refractivity (Wildman–Crippen MR) is 69.1 cm³/mol. The molecule has 0 radical (unpaired) electrons. The molecule has 102 valence electrons. The molecular weight excluding hydrogens is 246 g/mol. The highest BCUT2D eigenvalue weighted by Gasteiger charge is 2.24. The monoisotopic (exact) mass is 263 g/mol. The van der Waals surface area contributed by atoms with E-state index in [4.69, 9.17) is 5.11 Å². The SMILES string of the molecule is O=Cc1cc(CN2CCC(C(=O)O)CC2)ccc1O. The maximum absolute atomic E-state index is 10.9. The van der Waals surface area contributed by atoms with Crippen LogP contribution in [0.5, 0.6) is 5.75 Å². The minimum absolute atomic E-state index is 0.0108. The second-order valence-electron chi connectivity index (χ2n) is 4.90. The zero-order valence-corrected chi connectivity index (χ0v) is 10.6. The molecule has 5 heteroatoms. The van der Waals surface area contributed by atoms with E-state index in [1.807, 2.05) is 0 Å². The number of nitrogens with zero attached hydrogens (tertiary/aromatic N) is 1. The van der Waals surface area contributed by atoms with Gasteiger partial charge in [-0.1, -0.05) is 6.07 Å². The highest BCUT2D eigenvalue weighted by molar-refractivity contribution is 5.79. The first-order valence-electron chi connectivity index (χ1n) is 6.32. The van der Waals surface area contributed by atoms with E-state index >= 15 is 0 Å². The summed E-state index contributed by atoms with van der Waals surface area (Å²) >= 11 is 0. The summed E-state index contributed by atoms with van der Waals surface area (Å²) in [5.74, 6) is -0.961. The summed E-state index contributed by atoms with van der Waals surface area (Å²) in [5.41, 5.74) is 1.24. The smallest absolute Gasteiger partial charge is 0.306 e. The maximum atomic E-state index is 10.9. The third-order valence-corrected chi connectivity index (χ3v) is 3.56. The first-order valence-corrected chi connectivity index (χ1v) is 6.32. The van der Waals surface area contributed by atoms with Gasteiger partial charge in [0.2, 0.25) is 0 Å². The van der Waals surface area contributed by atoms with Gasteiger partial charge in [-0.3, -0.25) is 14.5 Å². The minimum Gasteiger partial charge on any atom is -0.507 e. The van der Waals surface area contributed by atoms with Crippen LogP contribution < -0.4 is 0 Å². The third-order valence-electron chi connectivity index (χ3n) is 3.56. The molecule has 0 aromatic heterocycles. The van der Waals surface area contributed by atoms with Crippen molar-refractivity contribution in [2.45, 2.75) is 19.4 Å². The first kappa shape index (κ1) is 13.5. The molecule has 5 nitrogen and oxygen atoms in total. The minimum atomic E-state index is -0.715. The normalized spacial score (nSPS) is 17.3. The summed E-state index contributed by atoms with van der Waals surface area (Å²) in [6, 6.07) is 4.97. The standard InChI is InChI=1S/C14H17NO4/c16-9-12-7-10(1-2-13(12)17)8-15-5-3-11(4-6-15)14(18)19/h1-2,7,9,11,17H,3-6,8H2,(H,18,19). The molecule has 2 N–H and O–H groups in total. The molecule has 1 aromatic carbocycles. The maximum Gasteiger partial charge on any atom is 0.306 e. The number of carboxylic acid groups (broad SMARTS) is 1. The number of piperidine rings is 1. The molecule has 1 aliphatic rings. The summed E-state index contributed by atoms with van der Waals surface area (Å²) in [4.78, 5) is 23.8. The van der Waals surface area contributed by atoms with E-state index in [0.29, 0.717) is 25.7 Å². The van der Waals surface area contributed by atoms with Gasteiger partial charge < -0.3 is 10.2 Å². The van der Waals surface area contributed by atoms with Crippen LogP contribution in [0, 0.1) is 5.92 Å². The van der Waals surface area contributed by atoms with Crippen molar-refractivity contribution >= 4 is 12.3 Å². The van der Waals surface area contributed by atoms with Gasteiger partial charge in [-0.25, -0.2) is 0 Å². The number of aliphatic carboxylic acids is 1. The van der Waals surface area contributed by atoms with E-state index < -0.39 is 5.97 Å². The zero-order chi connectivity index (χ0) is 13.8. The van der Waals surface area contributed by atoms with Crippen LogP contribution in [0.3, 0.4) is 0 Å². The van der Waals surface area contributed by atoms with Crippen LogP contribution in [-0.4, -0.2) is 40.5 Å². The fourth-order valence-electron chi connectivity index (χ4n) is 2.39. The van der Waals surface area contributed by atoms with Crippen molar-refractivity contribution in [3.05, 3.63) is 29.3 Å². The van der Waals surface area contributed by atoms with Gasteiger partial charge in [0, 0.05) is 6.54 Å². The van der Waals surface area contributed by atoms with Crippen LogP contribution in [0.4, 0.5) is 0 Å². The fraction of sp³-hybridized carbons (Fsp3) is 0.429. The number of hydrogen-bond donors (Lipinski definition) is 2. The lowest BCUT2D eigenvalue weighted by atomic mass is 9.96. The van der Waals surface area contributed by atoms with Crippen molar-refractivity contribution in [1.82, 2.24) is 4.90 Å². The number of phenolic OH excluding ortho intramolecular Hbond substituents is 1. The summed E-state index contributed by atoms with van der Waals surface area (Å²) in [6.07, 6.45) is 1.96.